The fourth-order valence-electron chi connectivity index (χ4n) is 1.84. The van der Waals surface area contributed by atoms with E-state index in [9.17, 15) is 5.11 Å². The summed E-state index contributed by atoms with van der Waals surface area (Å²) in [4.78, 5) is 4.13. The molecule has 1 N–H and O–H groups in total. The van der Waals surface area contributed by atoms with Crippen molar-refractivity contribution >= 4 is 0 Å². The summed E-state index contributed by atoms with van der Waals surface area (Å²) in [6.45, 7) is 1.77. The quantitative estimate of drug-likeness (QED) is 0.884. The number of hydrogen-bond acceptors (Lipinski definition) is 4. The highest BCUT2D eigenvalue weighted by molar-refractivity contribution is 5.31. The molecular formula is C13H17N3O2. The molecule has 1 heterocycles. The summed E-state index contributed by atoms with van der Waals surface area (Å²) in [5.41, 5.74) is -0.154. The minimum atomic E-state index is -0.979. The van der Waals surface area contributed by atoms with E-state index in [1.165, 1.54) is 6.33 Å². The van der Waals surface area contributed by atoms with Gasteiger partial charge in [-0.25, -0.2) is 4.98 Å². The Kier molecular flexibility index (Phi) is 3.34. The number of aryl methyl sites for hydroxylation is 1. The first-order valence-corrected chi connectivity index (χ1v) is 5.73. The zero-order valence-electron chi connectivity index (χ0n) is 10.8. The molecule has 0 saturated carbocycles. The molecule has 5 nitrogen and oxygen atoms in total. The molecule has 1 atom stereocenters. The van der Waals surface area contributed by atoms with Gasteiger partial charge in [-0.05, 0) is 24.6 Å². The van der Waals surface area contributed by atoms with Crippen LogP contribution in [0.25, 0.3) is 0 Å². The van der Waals surface area contributed by atoms with E-state index in [4.69, 9.17) is 4.74 Å². The number of aromatic nitrogens is 3. The average molecular weight is 247 g/mol. The van der Waals surface area contributed by atoms with E-state index in [1.54, 1.807) is 18.7 Å². The molecule has 1 aromatic carbocycles. The highest BCUT2D eigenvalue weighted by Gasteiger charge is 2.25. The molecule has 0 aliphatic heterocycles. The summed E-state index contributed by atoms with van der Waals surface area (Å²) in [5, 5.41) is 14.5. The van der Waals surface area contributed by atoms with Gasteiger partial charge in [0.15, 0.2) is 0 Å². The maximum Gasteiger partial charge on any atom is 0.138 e. The fourth-order valence-corrected chi connectivity index (χ4v) is 1.84. The lowest BCUT2D eigenvalue weighted by Crippen LogP contribution is -2.26. The smallest absolute Gasteiger partial charge is 0.138 e. The number of ether oxygens (including phenoxy) is 1. The summed E-state index contributed by atoms with van der Waals surface area (Å²) in [6.07, 6.45) is 1.90. The summed E-state index contributed by atoms with van der Waals surface area (Å²) < 4.78 is 6.76. The number of benzene rings is 1. The first kappa shape index (κ1) is 12.6. The molecule has 2 aromatic rings. The molecule has 2 rings (SSSR count). The second-order valence-corrected chi connectivity index (χ2v) is 4.48. The zero-order valence-corrected chi connectivity index (χ0v) is 10.8. The van der Waals surface area contributed by atoms with Crippen LogP contribution in [0.5, 0.6) is 5.75 Å². The van der Waals surface area contributed by atoms with Crippen molar-refractivity contribution in [2.24, 2.45) is 7.05 Å². The Balaban J connectivity index is 2.21. The van der Waals surface area contributed by atoms with Crippen LogP contribution in [0.1, 0.15) is 18.3 Å². The molecule has 0 bridgehead atoms. The Labute approximate surface area is 106 Å². The SMILES string of the molecule is COc1ccc(C(C)(O)Cc2ncnn2C)cc1. The van der Waals surface area contributed by atoms with Gasteiger partial charge in [0, 0.05) is 13.5 Å². The van der Waals surface area contributed by atoms with Crippen LogP contribution in [0, 0.1) is 0 Å². The molecule has 1 aromatic heterocycles. The highest BCUT2D eigenvalue weighted by atomic mass is 16.5. The molecule has 0 fully saturated rings. The third kappa shape index (κ3) is 2.51. The molecule has 0 saturated heterocycles. The average Bonchev–Trinajstić information content (AvgIpc) is 2.74. The van der Waals surface area contributed by atoms with E-state index >= 15 is 0 Å². The predicted molar refractivity (Wildman–Crippen MR) is 67.3 cm³/mol. The molecule has 5 heteroatoms. The maximum absolute atomic E-state index is 10.5. The van der Waals surface area contributed by atoms with Crippen molar-refractivity contribution in [1.29, 1.82) is 0 Å². The standard InChI is InChI=1S/C13H17N3O2/c1-13(17,8-12-14-9-15-16(12)2)10-4-6-11(18-3)7-5-10/h4-7,9,17H,8H2,1-3H3. The topological polar surface area (TPSA) is 60.2 Å². The molecule has 18 heavy (non-hydrogen) atoms. The van der Waals surface area contributed by atoms with Gasteiger partial charge < -0.3 is 9.84 Å². The molecule has 0 spiro atoms. The van der Waals surface area contributed by atoms with E-state index in [0.717, 1.165) is 17.1 Å². The van der Waals surface area contributed by atoms with Gasteiger partial charge >= 0.3 is 0 Å². The summed E-state index contributed by atoms with van der Waals surface area (Å²) in [7, 11) is 3.43. The number of rotatable bonds is 4. The summed E-state index contributed by atoms with van der Waals surface area (Å²) in [5.74, 6) is 1.52. The van der Waals surface area contributed by atoms with Crippen molar-refractivity contribution in [2.45, 2.75) is 18.9 Å². The van der Waals surface area contributed by atoms with Crippen molar-refractivity contribution in [2.75, 3.05) is 7.11 Å². The predicted octanol–water partition coefficient (Wildman–Crippen LogP) is 1.27. The fraction of sp³-hybridized carbons (Fsp3) is 0.385. The van der Waals surface area contributed by atoms with E-state index in [0.29, 0.717) is 6.42 Å². The summed E-state index contributed by atoms with van der Waals surface area (Å²) >= 11 is 0. The third-order valence-electron chi connectivity index (χ3n) is 3.02. The lowest BCUT2D eigenvalue weighted by molar-refractivity contribution is 0.0545. The van der Waals surface area contributed by atoms with Crippen molar-refractivity contribution in [3.63, 3.8) is 0 Å². The third-order valence-corrected chi connectivity index (χ3v) is 3.02. The van der Waals surface area contributed by atoms with Crippen LogP contribution in [0.15, 0.2) is 30.6 Å². The van der Waals surface area contributed by atoms with Gasteiger partial charge in [0.25, 0.3) is 0 Å². The Morgan fingerprint density at radius 1 is 1.33 bits per heavy atom. The number of nitrogens with zero attached hydrogens (tertiary/aromatic N) is 3. The second-order valence-electron chi connectivity index (χ2n) is 4.48. The van der Waals surface area contributed by atoms with Gasteiger partial charge in [0.05, 0.1) is 12.7 Å². The van der Waals surface area contributed by atoms with Gasteiger partial charge in [-0.1, -0.05) is 12.1 Å². The molecule has 96 valence electrons. The van der Waals surface area contributed by atoms with E-state index in [2.05, 4.69) is 10.1 Å². The number of hydrogen-bond donors (Lipinski definition) is 1. The largest absolute Gasteiger partial charge is 0.497 e. The molecule has 0 aliphatic carbocycles. The van der Waals surface area contributed by atoms with E-state index < -0.39 is 5.60 Å². The highest BCUT2D eigenvalue weighted by Crippen LogP contribution is 2.26. The van der Waals surface area contributed by atoms with Gasteiger partial charge in [0.2, 0.25) is 0 Å². The van der Waals surface area contributed by atoms with E-state index in [1.807, 2.05) is 31.3 Å². The Morgan fingerprint density at radius 2 is 2.00 bits per heavy atom. The zero-order chi connectivity index (χ0) is 13.2. The first-order chi connectivity index (χ1) is 8.53. The monoisotopic (exact) mass is 247 g/mol. The molecule has 1 unspecified atom stereocenters. The minimum Gasteiger partial charge on any atom is -0.497 e. The van der Waals surface area contributed by atoms with Crippen LogP contribution in [0.3, 0.4) is 0 Å². The van der Waals surface area contributed by atoms with Crippen LogP contribution in [0.2, 0.25) is 0 Å². The van der Waals surface area contributed by atoms with E-state index in [-0.39, 0.29) is 0 Å². The number of aliphatic hydroxyl groups is 1. The van der Waals surface area contributed by atoms with Crippen LogP contribution in [-0.4, -0.2) is 27.0 Å². The van der Waals surface area contributed by atoms with Gasteiger partial charge in [-0.2, -0.15) is 5.10 Å². The lowest BCUT2D eigenvalue weighted by atomic mass is 9.92. The van der Waals surface area contributed by atoms with Crippen molar-refractivity contribution < 1.29 is 9.84 Å². The van der Waals surface area contributed by atoms with Crippen molar-refractivity contribution in [3.8, 4) is 5.75 Å². The van der Waals surface area contributed by atoms with Crippen LogP contribution >= 0.6 is 0 Å². The normalized spacial score (nSPS) is 14.2. The maximum atomic E-state index is 10.5. The second kappa shape index (κ2) is 4.78. The van der Waals surface area contributed by atoms with Gasteiger partial charge in [-0.3, -0.25) is 4.68 Å². The number of methoxy groups -OCH3 is 1. The minimum absolute atomic E-state index is 0.413. The van der Waals surface area contributed by atoms with Crippen LogP contribution in [0.4, 0.5) is 0 Å². The Morgan fingerprint density at radius 3 is 2.50 bits per heavy atom. The molecule has 0 aliphatic rings. The van der Waals surface area contributed by atoms with Crippen LogP contribution < -0.4 is 4.74 Å². The van der Waals surface area contributed by atoms with Crippen LogP contribution in [-0.2, 0) is 19.1 Å². The molecule has 0 amide bonds. The Bertz CT molecular complexity index is 517. The van der Waals surface area contributed by atoms with Crippen molar-refractivity contribution in [3.05, 3.63) is 42.0 Å². The molecular weight excluding hydrogens is 230 g/mol. The van der Waals surface area contributed by atoms with Gasteiger partial charge in [-0.15, -0.1) is 0 Å². The Hall–Kier alpha value is -1.88. The first-order valence-electron chi connectivity index (χ1n) is 5.73. The lowest BCUT2D eigenvalue weighted by Gasteiger charge is -2.23. The van der Waals surface area contributed by atoms with Crippen molar-refractivity contribution in [1.82, 2.24) is 14.8 Å². The summed E-state index contributed by atoms with van der Waals surface area (Å²) in [6, 6.07) is 7.38. The molecule has 0 radical (unpaired) electrons. The van der Waals surface area contributed by atoms with Gasteiger partial charge in [0.1, 0.15) is 17.9 Å².